The fourth-order valence-corrected chi connectivity index (χ4v) is 2.01. The predicted octanol–water partition coefficient (Wildman–Crippen LogP) is 2.38. The zero-order chi connectivity index (χ0) is 11.3. The van der Waals surface area contributed by atoms with Gasteiger partial charge in [-0.25, -0.2) is 14.8 Å². The van der Waals surface area contributed by atoms with Gasteiger partial charge in [0.05, 0.1) is 0 Å². The van der Waals surface area contributed by atoms with Gasteiger partial charge in [0.25, 0.3) is 0 Å². The number of thioether (sulfide) groups is 1. The highest BCUT2D eigenvalue weighted by Gasteiger charge is 2.08. The first-order chi connectivity index (χ1) is 7.13. The van der Waals surface area contributed by atoms with Gasteiger partial charge in [-0.3, -0.25) is 0 Å². The van der Waals surface area contributed by atoms with Crippen molar-refractivity contribution >= 4 is 17.7 Å². The summed E-state index contributed by atoms with van der Waals surface area (Å²) in [6.45, 7) is 3.89. The Balaban J connectivity index is 2.75. The summed E-state index contributed by atoms with van der Waals surface area (Å²) in [5, 5.41) is 9.36. The maximum atomic E-state index is 10.7. The van der Waals surface area contributed by atoms with E-state index in [0.717, 1.165) is 18.6 Å². The molecule has 0 aliphatic rings. The van der Waals surface area contributed by atoms with E-state index in [9.17, 15) is 4.79 Å². The zero-order valence-electron chi connectivity index (χ0n) is 8.86. The van der Waals surface area contributed by atoms with E-state index in [1.807, 2.05) is 0 Å². The molecule has 0 spiro atoms. The summed E-state index contributed by atoms with van der Waals surface area (Å²) in [7, 11) is 0. The second-order valence-electron chi connectivity index (χ2n) is 3.18. The van der Waals surface area contributed by atoms with Crippen molar-refractivity contribution < 1.29 is 9.90 Å². The smallest absolute Gasteiger partial charge is 0.354 e. The Morgan fingerprint density at radius 3 is 2.87 bits per heavy atom. The van der Waals surface area contributed by atoms with E-state index >= 15 is 0 Å². The Morgan fingerprint density at radius 2 is 2.27 bits per heavy atom. The molecule has 0 amide bonds. The van der Waals surface area contributed by atoms with Crippen molar-refractivity contribution in [2.45, 2.75) is 31.8 Å². The lowest BCUT2D eigenvalue weighted by Gasteiger charge is -2.02. The maximum absolute atomic E-state index is 10.7. The van der Waals surface area contributed by atoms with Gasteiger partial charge in [-0.05, 0) is 19.4 Å². The highest BCUT2D eigenvalue weighted by atomic mass is 32.2. The number of unbranched alkanes of at least 4 members (excludes halogenated alkanes) is 1. The van der Waals surface area contributed by atoms with Crippen LogP contribution < -0.4 is 0 Å². The van der Waals surface area contributed by atoms with Gasteiger partial charge in [-0.2, -0.15) is 0 Å². The van der Waals surface area contributed by atoms with Crippen LogP contribution in [0.1, 0.15) is 35.9 Å². The molecule has 0 atom stereocenters. The van der Waals surface area contributed by atoms with Gasteiger partial charge in [0.15, 0.2) is 10.9 Å². The summed E-state index contributed by atoms with van der Waals surface area (Å²) in [4.78, 5) is 18.9. The van der Waals surface area contributed by atoms with Gasteiger partial charge in [0.2, 0.25) is 0 Å². The molecule has 0 saturated carbocycles. The number of carboxylic acid groups (broad SMARTS) is 1. The Bertz CT molecular complexity index is 355. The van der Waals surface area contributed by atoms with Crippen molar-refractivity contribution in [3.8, 4) is 0 Å². The lowest BCUT2D eigenvalue weighted by molar-refractivity contribution is 0.0689. The number of carbonyl (C=O) groups is 1. The molecule has 0 saturated heterocycles. The van der Waals surface area contributed by atoms with Crippen molar-refractivity contribution in [1.82, 2.24) is 9.97 Å². The molecule has 15 heavy (non-hydrogen) atoms. The number of aromatic carboxylic acids is 1. The van der Waals surface area contributed by atoms with Crippen LogP contribution in [0.2, 0.25) is 0 Å². The van der Waals surface area contributed by atoms with Crippen LogP contribution in [0.15, 0.2) is 11.2 Å². The van der Waals surface area contributed by atoms with Crippen molar-refractivity contribution in [3.05, 3.63) is 17.5 Å². The minimum atomic E-state index is -1.00. The van der Waals surface area contributed by atoms with Crippen LogP contribution in [0, 0.1) is 6.92 Å². The van der Waals surface area contributed by atoms with Crippen LogP contribution in [0.5, 0.6) is 0 Å². The Morgan fingerprint density at radius 1 is 1.53 bits per heavy atom. The molecule has 1 aromatic heterocycles. The molecule has 1 aromatic rings. The second-order valence-corrected chi connectivity index (χ2v) is 4.25. The maximum Gasteiger partial charge on any atom is 0.354 e. The standard InChI is InChI=1S/C10H14N2O2S/c1-3-4-5-15-10-11-7(2)6-8(12-10)9(13)14/h6H,3-5H2,1-2H3,(H,13,14). The van der Waals surface area contributed by atoms with Crippen LogP contribution in [0.4, 0.5) is 0 Å². The summed E-state index contributed by atoms with van der Waals surface area (Å²) in [6, 6.07) is 1.48. The van der Waals surface area contributed by atoms with E-state index in [1.165, 1.54) is 17.8 Å². The van der Waals surface area contributed by atoms with Gasteiger partial charge in [-0.1, -0.05) is 25.1 Å². The van der Waals surface area contributed by atoms with E-state index in [1.54, 1.807) is 6.92 Å². The number of hydrogen-bond donors (Lipinski definition) is 1. The Labute approximate surface area is 93.1 Å². The van der Waals surface area contributed by atoms with Crippen LogP contribution in [0.25, 0.3) is 0 Å². The van der Waals surface area contributed by atoms with E-state index in [2.05, 4.69) is 16.9 Å². The number of aromatic nitrogens is 2. The molecule has 82 valence electrons. The average Bonchev–Trinajstić information content (AvgIpc) is 2.17. The normalized spacial score (nSPS) is 10.3. The SMILES string of the molecule is CCCCSc1nc(C)cc(C(=O)O)n1. The number of aryl methyl sites for hydroxylation is 1. The summed E-state index contributed by atoms with van der Waals surface area (Å²) in [6.07, 6.45) is 2.20. The third-order valence-corrected chi connectivity index (χ3v) is 2.72. The van der Waals surface area contributed by atoms with E-state index in [4.69, 9.17) is 5.11 Å². The molecule has 0 fully saturated rings. The minimum absolute atomic E-state index is 0.0708. The number of rotatable bonds is 5. The molecule has 4 nitrogen and oxygen atoms in total. The fourth-order valence-electron chi connectivity index (χ4n) is 1.02. The molecule has 1 heterocycles. The highest BCUT2D eigenvalue weighted by molar-refractivity contribution is 7.99. The predicted molar refractivity (Wildman–Crippen MR) is 59.4 cm³/mol. The van der Waals surface area contributed by atoms with E-state index in [0.29, 0.717) is 10.9 Å². The van der Waals surface area contributed by atoms with Crippen LogP contribution in [-0.4, -0.2) is 26.8 Å². The molecular weight excluding hydrogens is 212 g/mol. The molecule has 0 aliphatic heterocycles. The van der Waals surface area contributed by atoms with Crippen LogP contribution in [0.3, 0.4) is 0 Å². The topological polar surface area (TPSA) is 63.1 Å². The van der Waals surface area contributed by atoms with Crippen molar-refractivity contribution in [1.29, 1.82) is 0 Å². The molecule has 0 bridgehead atoms. The summed E-state index contributed by atoms with van der Waals surface area (Å²) < 4.78 is 0. The third kappa shape index (κ3) is 3.87. The first-order valence-electron chi connectivity index (χ1n) is 4.85. The Kier molecular flexibility index (Phi) is 4.55. The van der Waals surface area contributed by atoms with Crippen LogP contribution >= 0.6 is 11.8 Å². The van der Waals surface area contributed by atoms with Gasteiger partial charge >= 0.3 is 5.97 Å². The van der Waals surface area contributed by atoms with Crippen molar-refractivity contribution in [2.75, 3.05) is 5.75 Å². The Hall–Kier alpha value is -1.10. The van der Waals surface area contributed by atoms with Gasteiger partial charge in [0.1, 0.15) is 0 Å². The molecule has 0 aromatic carbocycles. The van der Waals surface area contributed by atoms with Gasteiger partial charge in [-0.15, -0.1) is 0 Å². The van der Waals surface area contributed by atoms with E-state index in [-0.39, 0.29) is 5.69 Å². The monoisotopic (exact) mass is 226 g/mol. The minimum Gasteiger partial charge on any atom is -0.477 e. The van der Waals surface area contributed by atoms with Gasteiger partial charge < -0.3 is 5.11 Å². The summed E-state index contributed by atoms with van der Waals surface area (Å²) in [5.41, 5.74) is 0.767. The number of hydrogen-bond acceptors (Lipinski definition) is 4. The molecule has 0 aliphatic carbocycles. The zero-order valence-corrected chi connectivity index (χ0v) is 9.67. The molecule has 5 heteroatoms. The van der Waals surface area contributed by atoms with Gasteiger partial charge in [0, 0.05) is 11.4 Å². The summed E-state index contributed by atoms with van der Waals surface area (Å²) >= 11 is 1.51. The lowest BCUT2D eigenvalue weighted by atomic mass is 10.3. The largest absolute Gasteiger partial charge is 0.477 e. The highest BCUT2D eigenvalue weighted by Crippen LogP contribution is 2.15. The summed E-state index contributed by atoms with van der Waals surface area (Å²) in [5.74, 6) is -0.0724. The number of nitrogens with zero attached hydrogens (tertiary/aromatic N) is 2. The van der Waals surface area contributed by atoms with Crippen LogP contribution in [-0.2, 0) is 0 Å². The first kappa shape index (κ1) is 12.0. The van der Waals surface area contributed by atoms with E-state index < -0.39 is 5.97 Å². The quantitative estimate of drug-likeness (QED) is 0.474. The molecular formula is C10H14N2O2S. The fraction of sp³-hybridized carbons (Fsp3) is 0.500. The molecule has 0 unspecified atom stereocenters. The average molecular weight is 226 g/mol. The lowest BCUT2D eigenvalue weighted by Crippen LogP contribution is -2.04. The first-order valence-corrected chi connectivity index (χ1v) is 5.84. The molecule has 1 N–H and O–H groups in total. The van der Waals surface area contributed by atoms with Crippen molar-refractivity contribution in [3.63, 3.8) is 0 Å². The van der Waals surface area contributed by atoms with Crippen molar-refractivity contribution in [2.24, 2.45) is 0 Å². The second kappa shape index (κ2) is 5.70. The molecule has 1 rings (SSSR count). The molecule has 0 radical (unpaired) electrons. The third-order valence-electron chi connectivity index (χ3n) is 1.78. The number of carboxylic acids is 1.